The predicted octanol–water partition coefficient (Wildman–Crippen LogP) is 2.80. The van der Waals surface area contributed by atoms with Gasteiger partial charge in [-0.25, -0.2) is 4.99 Å². The zero-order chi connectivity index (χ0) is 17.8. The van der Waals surface area contributed by atoms with Crippen molar-refractivity contribution in [1.82, 2.24) is 15.5 Å². The lowest BCUT2D eigenvalue weighted by Gasteiger charge is -2.23. The average molecular weight is 462 g/mol. The first-order valence-electron chi connectivity index (χ1n) is 8.98. The van der Waals surface area contributed by atoms with Crippen LogP contribution in [-0.2, 0) is 5.60 Å². The van der Waals surface area contributed by atoms with E-state index in [1.165, 1.54) is 12.8 Å². The number of nitrogens with one attached hydrogen (secondary N) is 2. The van der Waals surface area contributed by atoms with Crippen molar-refractivity contribution in [1.29, 1.82) is 0 Å². The Bertz CT molecular complexity index is 480. The lowest BCUT2D eigenvalue weighted by molar-refractivity contribution is 0.0672. The maximum Gasteiger partial charge on any atom is 0.191 e. The summed E-state index contributed by atoms with van der Waals surface area (Å²) in [6.45, 7) is 10.1. The number of hydrogen-bond acceptors (Lipinski definition) is 3. The molecule has 0 fully saturated rings. The molecule has 1 aromatic carbocycles. The molecule has 0 bridgehead atoms. The average Bonchev–Trinajstić information content (AvgIpc) is 2.58. The van der Waals surface area contributed by atoms with Crippen molar-refractivity contribution in [3.05, 3.63) is 35.9 Å². The minimum absolute atomic E-state index is 0. The van der Waals surface area contributed by atoms with Gasteiger partial charge >= 0.3 is 0 Å². The second-order valence-corrected chi connectivity index (χ2v) is 6.42. The Labute approximate surface area is 170 Å². The molecular weight excluding hydrogens is 427 g/mol. The minimum Gasteiger partial charge on any atom is -0.384 e. The van der Waals surface area contributed by atoms with Crippen molar-refractivity contribution in [2.45, 2.75) is 39.2 Å². The molecule has 144 valence electrons. The van der Waals surface area contributed by atoms with Crippen molar-refractivity contribution in [3.63, 3.8) is 0 Å². The summed E-state index contributed by atoms with van der Waals surface area (Å²) in [7, 11) is 2.14. The van der Waals surface area contributed by atoms with Gasteiger partial charge in [-0.05, 0) is 39.4 Å². The molecule has 1 aromatic rings. The highest BCUT2D eigenvalue weighted by Crippen LogP contribution is 2.20. The smallest absolute Gasteiger partial charge is 0.191 e. The van der Waals surface area contributed by atoms with Crippen molar-refractivity contribution >= 4 is 29.9 Å². The van der Waals surface area contributed by atoms with E-state index < -0.39 is 5.60 Å². The number of hydrogen-bond donors (Lipinski definition) is 3. The molecule has 0 radical (unpaired) electrons. The Hall–Kier alpha value is -0.860. The molecule has 0 saturated carbocycles. The lowest BCUT2D eigenvalue weighted by Crippen LogP contribution is -2.42. The van der Waals surface area contributed by atoms with Crippen LogP contribution in [0.5, 0.6) is 0 Å². The maximum absolute atomic E-state index is 10.6. The minimum atomic E-state index is -0.971. The summed E-state index contributed by atoms with van der Waals surface area (Å²) < 4.78 is 0. The summed E-state index contributed by atoms with van der Waals surface area (Å²) in [5, 5.41) is 17.2. The van der Waals surface area contributed by atoms with E-state index in [2.05, 4.69) is 34.5 Å². The molecule has 1 unspecified atom stereocenters. The first-order valence-corrected chi connectivity index (χ1v) is 8.98. The second kappa shape index (κ2) is 13.4. The van der Waals surface area contributed by atoms with E-state index in [4.69, 9.17) is 0 Å². The fourth-order valence-corrected chi connectivity index (χ4v) is 2.37. The second-order valence-electron chi connectivity index (χ2n) is 6.42. The monoisotopic (exact) mass is 462 g/mol. The first-order chi connectivity index (χ1) is 11.5. The SMILES string of the molecule is CCCCN(C)CCNC(=NCC(C)(O)c1ccccc1)NCC.I. The standard InChI is InChI=1S/C19H34N4O.HI/c1-5-7-14-23(4)15-13-21-18(20-6-2)22-16-19(3,24)17-11-9-8-10-12-17;/h8-12,24H,5-7,13-16H2,1-4H3,(H2,20,21,22);1H. The Morgan fingerprint density at radius 1 is 1.16 bits per heavy atom. The van der Waals surface area contributed by atoms with Crippen molar-refractivity contribution in [2.24, 2.45) is 4.99 Å². The lowest BCUT2D eigenvalue weighted by atomic mass is 9.96. The van der Waals surface area contributed by atoms with Crippen molar-refractivity contribution < 1.29 is 5.11 Å². The summed E-state index contributed by atoms with van der Waals surface area (Å²) in [6, 6.07) is 9.67. The molecule has 0 aliphatic heterocycles. The third-order valence-electron chi connectivity index (χ3n) is 3.96. The summed E-state index contributed by atoms with van der Waals surface area (Å²) >= 11 is 0. The molecule has 0 heterocycles. The van der Waals surface area contributed by atoms with Crippen LogP contribution in [-0.4, -0.2) is 55.7 Å². The van der Waals surface area contributed by atoms with Crippen LogP contribution < -0.4 is 10.6 Å². The van der Waals surface area contributed by atoms with Crippen molar-refractivity contribution in [2.75, 3.05) is 39.8 Å². The van der Waals surface area contributed by atoms with E-state index in [1.54, 1.807) is 6.92 Å². The molecule has 0 spiro atoms. The van der Waals surface area contributed by atoms with E-state index in [0.717, 1.165) is 37.7 Å². The van der Waals surface area contributed by atoms with Gasteiger partial charge in [-0.1, -0.05) is 43.7 Å². The van der Waals surface area contributed by atoms with Crippen LogP contribution in [0.15, 0.2) is 35.3 Å². The predicted molar refractivity (Wildman–Crippen MR) is 118 cm³/mol. The van der Waals surface area contributed by atoms with Crippen LogP contribution in [0.3, 0.4) is 0 Å². The number of aliphatic imine (C=N–C) groups is 1. The Kier molecular flexibility index (Phi) is 12.9. The molecule has 0 amide bonds. The van der Waals surface area contributed by atoms with Crippen LogP contribution in [0.4, 0.5) is 0 Å². The number of unbranched alkanes of at least 4 members (excludes halogenated alkanes) is 1. The topological polar surface area (TPSA) is 59.9 Å². The first kappa shape index (κ1) is 24.1. The Morgan fingerprint density at radius 3 is 2.44 bits per heavy atom. The summed E-state index contributed by atoms with van der Waals surface area (Å²) in [4.78, 5) is 6.87. The summed E-state index contributed by atoms with van der Waals surface area (Å²) in [5.41, 5.74) is -0.0921. The molecule has 0 aliphatic carbocycles. The van der Waals surface area contributed by atoms with Gasteiger partial charge in [-0.3, -0.25) is 0 Å². The number of likely N-dealkylation sites (N-methyl/N-ethyl adjacent to an activating group) is 1. The van der Waals surface area contributed by atoms with E-state index in [-0.39, 0.29) is 24.0 Å². The highest BCUT2D eigenvalue weighted by Gasteiger charge is 2.22. The van der Waals surface area contributed by atoms with Crippen LogP contribution in [0.2, 0.25) is 0 Å². The van der Waals surface area contributed by atoms with Gasteiger partial charge in [-0.2, -0.15) is 0 Å². The normalized spacial score (nSPS) is 13.9. The molecule has 0 saturated heterocycles. The van der Waals surface area contributed by atoms with Crippen LogP contribution >= 0.6 is 24.0 Å². The molecule has 0 aromatic heterocycles. The van der Waals surface area contributed by atoms with Gasteiger partial charge in [0.15, 0.2) is 5.96 Å². The highest BCUT2D eigenvalue weighted by molar-refractivity contribution is 14.0. The maximum atomic E-state index is 10.6. The zero-order valence-electron chi connectivity index (χ0n) is 16.1. The largest absolute Gasteiger partial charge is 0.384 e. The molecular formula is C19H35IN4O. The van der Waals surface area contributed by atoms with E-state index >= 15 is 0 Å². The summed E-state index contributed by atoms with van der Waals surface area (Å²) in [5.74, 6) is 0.748. The third kappa shape index (κ3) is 10.0. The molecule has 5 nitrogen and oxygen atoms in total. The number of nitrogens with zero attached hydrogens (tertiary/aromatic N) is 2. The highest BCUT2D eigenvalue weighted by atomic mass is 127. The van der Waals surface area contributed by atoms with Gasteiger partial charge in [0.25, 0.3) is 0 Å². The van der Waals surface area contributed by atoms with Gasteiger partial charge < -0.3 is 20.6 Å². The third-order valence-corrected chi connectivity index (χ3v) is 3.96. The van der Waals surface area contributed by atoms with Crippen LogP contribution in [0.25, 0.3) is 0 Å². The number of benzene rings is 1. The van der Waals surface area contributed by atoms with Crippen LogP contribution in [0, 0.1) is 0 Å². The van der Waals surface area contributed by atoms with Crippen LogP contribution in [0.1, 0.15) is 39.2 Å². The summed E-state index contributed by atoms with van der Waals surface area (Å²) in [6.07, 6.45) is 2.45. The molecule has 3 N–H and O–H groups in total. The van der Waals surface area contributed by atoms with E-state index in [9.17, 15) is 5.11 Å². The zero-order valence-corrected chi connectivity index (χ0v) is 18.4. The molecule has 0 aliphatic rings. The number of rotatable bonds is 10. The molecule has 6 heteroatoms. The molecule has 1 atom stereocenters. The Morgan fingerprint density at radius 2 is 1.84 bits per heavy atom. The van der Waals surface area contributed by atoms with Gasteiger partial charge in [0, 0.05) is 19.6 Å². The van der Waals surface area contributed by atoms with Gasteiger partial charge in [0.05, 0.1) is 6.54 Å². The van der Waals surface area contributed by atoms with Gasteiger partial charge in [0.1, 0.15) is 5.60 Å². The Balaban J connectivity index is 0.00000576. The van der Waals surface area contributed by atoms with E-state index in [1.807, 2.05) is 37.3 Å². The number of aliphatic hydroxyl groups is 1. The van der Waals surface area contributed by atoms with Gasteiger partial charge in [0.2, 0.25) is 0 Å². The van der Waals surface area contributed by atoms with Crippen molar-refractivity contribution in [3.8, 4) is 0 Å². The molecule has 25 heavy (non-hydrogen) atoms. The number of guanidine groups is 1. The van der Waals surface area contributed by atoms with E-state index in [0.29, 0.717) is 6.54 Å². The molecule has 1 rings (SSSR count). The number of halogens is 1. The quantitative estimate of drug-likeness (QED) is 0.284. The fourth-order valence-electron chi connectivity index (χ4n) is 2.37. The fraction of sp³-hybridized carbons (Fsp3) is 0.632. The van der Waals surface area contributed by atoms with Gasteiger partial charge in [-0.15, -0.1) is 24.0 Å².